The van der Waals surface area contributed by atoms with Gasteiger partial charge in [-0.3, -0.25) is 0 Å². The third kappa shape index (κ3) is 4.93. The van der Waals surface area contributed by atoms with Crippen molar-refractivity contribution in [3.8, 4) is 5.75 Å². The minimum absolute atomic E-state index is 0.449. The third-order valence-corrected chi connectivity index (χ3v) is 8.23. The van der Waals surface area contributed by atoms with Crippen LogP contribution in [-0.4, -0.2) is 40.6 Å². The molecule has 4 aromatic carbocycles. The summed E-state index contributed by atoms with van der Waals surface area (Å²) in [6.45, 7) is 2.00. The van der Waals surface area contributed by atoms with Crippen molar-refractivity contribution >= 4 is 11.8 Å². The van der Waals surface area contributed by atoms with Crippen molar-refractivity contribution in [2.24, 2.45) is 0 Å². The van der Waals surface area contributed by atoms with Crippen molar-refractivity contribution < 1.29 is 19.7 Å². The average Bonchev–Trinajstić information content (AvgIpc) is 3.20. The largest absolute Gasteiger partial charge is 0.462 e. The molecule has 1 aliphatic heterocycles. The standard InChI is InChI=1S/C31H30O4S/c1-22-17-19-26(20-18-22)34-30-29(33)28(32)27(35-30)21-36-31(23-11-5-2-6-12-23,24-13-7-3-8-14-24)25-15-9-4-10-16-25/h2-20,27-30,32-33H,21H2,1H3/t27-,28+,29-,30+/m1/s1. The molecule has 5 heteroatoms. The molecule has 4 atom stereocenters. The van der Waals surface area contributed by atoms with E-state index in [0.29, 0.717) is 11.5 Å². The number of aliphatic hydroxyl groups excluding tert-OH is 2. The zero-order chi connectivity index (χ0) is 25.0. The highest BCUT2D eigenvalue weighted by atomic mass is 32.2. The zero-order valence-corrected chi connectivity index (χ0v) is 20.9. The number of aryl methyl sites for hydroxylation is 1. The number of hydrogen-bond acceptors (Lipinski definition) is 5. The summed E-state index contributed by atoms with van der Waals surface area (Å²) in [6.07, 6.45) is -3.74. The normalized spacial score (nSPS) is 21.9. The highest BCUT2D eigenvalue weighted by Crippen LogP contribution is 2.49. The van der Waals surface area contributed by atoms with Crippen LogP contribution < -0.4 is 4.74 Å². The van der Waals surface area contributed by atoms with E-state index in [9.17, 15) is 10.2 Å². The molecule has 0 radical (unpaired) electrons. The molecular weight excluding hydrogens is 468 g/mol. The van der Waals surface area contributed by atoms with Gasteiger partial charge in [0.05, 0.1) is 10.9 Å². The summed E-state index contributed by atoms with van der Waals surface area (Å²) in [6, 6.07) is 38.7. The Morgan fingerprint density at radius 2 is 1.17 bits per heavy atom. The molecular formula is C31H30O4S. The first-order chi connectivity index (χ1) is 17.6. The molecule has 36 heavy (non-hydrogen) atoms. The number of thioether (sulfide) groups is 1. The second-order valence-corrected chi connectivity index (χ2v) is 10.3. The Balaban J connectivity index is 1.45. The summed E-state index contributed by atoms with van der Waals surface area (Å²) in [4.78, 5) is 0. The summed E-state index contributed by atoms with van der Waals surface area (Å²) in [5.41, 5.74) is 4.51. The van der Waals surface area contributed by atoms with Crippen molar-refractivity contribution in [1.82, 2.24) is 0 Å². The molecule has 0 spiro atoms. The Kier molecular flexibility index (Phi) is 7.44. The van der Waals surface area contributed by atoms with Crippen molar-refractivity contribution in [1.29, 1.82) is 0 Å². The first-order valence-electron chi connectivity index (χ1n) is 12.1. The van der Waals surface area contributed by atoms with E-state index in [4.69, 9.17) is 9.47 Å². The predicted molar refractivity (Wildman–Crippen MR) is 144 cm³/mol. The van der Waals surface area contributed by atoms with Gasteiger partial charge in [0.15, 0.2) is 0 Å². The van der Waals surface area contributed by atoms with Crippen LogP contribution in [-0.2, 0) is 9.48 Å². The number of rotatable bonds is 8. The molecule has 1 saturated heterocycles. The fraction of sp³-hybridized carbons (Fsp3) is 0.226. The van der Waals surface area contributed by atoms with Gasteiger partial charge in [0.1, 0.15) is 18.0 Å². The summed E-state index contributed by atoms with van der Waals surface area (Å²) in [5.74, 6) is 1.04. The molecule has 2 N–H and O–H groups in total. The van der Waals surface area contributed by atoms with Gasteiger partial charge in [0, 0.05) is 5.75 Å². The lowest BCUT2D eigenvalue weighted by atomic mass is 9.84. The maximum atomic E-state index is 10.9. The van der Waals surface area contributed by atoms with Crippen LogP contribution in [0.25, 0.3) is 0 Å². The van der Waals surface area contributed by atoms with Crippen molar-refractivity contribution in [2.45, 2.75) is 36.3 Å². The summed E-state index contributed by atoms with van der Waals surface area (Å²) < 4.78 is 11.4. The highest BCUT2D eigenvalue weighted by Gasteiger charge is 2.46. The second kappa shape index (κ2) is 10.9. The van der Waals surface area contributed by atoms with Gasteiger partial charge in [0.2, 0.25) is 6.29 Å². The Bertz CT molecular complexity index is 1140. The lowest BCUT2D eigenvalue weighted by molar-refractivity contribution is -0.105. The summed E-state index contributed by atoms with van der Waals surface area (Å²) >= 11 is 1.69. The minimum atomic E-state index is -1.14. The highest BCUT2D eigenvalue weighted by molar-refractivity contribution is 8.00. The SMILES string of the molecule is Cc1ccc(O[C@H]2O[C@H](CSC(c3ccccc3)(c3ccccc3)c3ccccc3)[C@H](O)[C@H]2O)cc1. The maximum Gasteiger partial charge on any atom is 0.229 e. The predicted octanol–water partition coefficient (Wildman–Crippen LogP) is 5.55. The van der Waals surface area contributed by atoms with Gasteiger partial charge in [-0.15, -0.1) is 11.8 Å². The van der Waals surface area contributed by atoms with E-state index < -0.39 is 29.3 Å². The molecule has 184 valence electrons. The number of aliphatic hydroxyl groups is 2. The monoisotopic (exact) mass is 498 g/mol. The van der Waals surface area contributed by atoms with Crippen LogP contribution in [0.3, 0.4) is 0 Å². The van der Waals surface area contributed by atoms with Gasteiger partial charge in [0.25, 0.3) is 0 Å². The van der Waals surface area contributed by atoms with Gasteiger partial charge < -0.3 is 19.7 Å². The fourth-order valence-electron chi connectivity index (χ4n) is 4.68. The molecule has 0 aromatic heterocycles. The van der Waals surface area contributed by atoms with Crippen LogP contribution in [0.1, 0.15) is 22.3 Å². The van der Waals surface area contributed by atoms with E-state index in [1.165, 1.54) is 0 Å². The third-order valence-electron chi connectivity index (χ3n) is 6.60. The minimum Gasteiger partial charge on any atom is -0.462 e. The number of benzene rings is 4. The van der Waals surface area contributed by atoms with E-state index in [1.54, 1.807) is 11.8 Å². The Morgan fingerprint density at radius 1 is 0.694 bits per heavy atom. The van der Waals surface area contributed by atoms with Crippen molar-refractivity contribution in [2.75, 3.05) is 5.75 Å². The molecule has 1 fully saturated rings. The molecule has 1 heterocycles. The van der Waals surface area contributed by atoms with Gasteiger partial charge in [-0.05, 0) is 35.7 Å². The first kappa shape index (κ1) is 24.6. The molecule has 0 amide bonds. The van der Waals surface area contributed by atoms with Crippen LogP contribution in [0.5, 0.6) is 5.75 Å². The average molecular weight is 499 g/mol. The topological polar surface area (TPSA) is 58.9 Å². The number of hydrogen-bond donors (Lipinski definition) is 2. The molecule has 0 bridgehead atoms. The van der Waals surface area contributed by atoms with E-state index in [2.05, 4.69) is 36.4 Å². The molecule has 4 aromatic rings. The molecule has 4 nitrogen and oxygen atoms in total. The second-order valence-electron chi connectivity index (χ2n) is 9.05. The van der Waals surface area contributed by atoms with Gasteiger partial charge in [-0.2, -0.15) is 0 Å². The van der Waals surface area contributed by atoms with Gasteiger partial charge in [-0.1, -0.05) is 109 Å². The Morgan fingerprint density at radius 3 is 1.64 bits per heavy atom. The molecule has 0 unspecified atom stereocenters. The van der Waals surface area contributed by atoms with Crippen LogP contribution in [0.2, 0.25) is 0 Å². The van der Waals surface area contributed by atoms with Gasteiger partial charge in [-0.25, -0.2) is 0 Å². The maximum absolute atomic E-state index is 10.9. The number of ether oxygens (including phenoxy) is 2. The molecule has 0 saturated carbocycles. The van der Waals surface area contributed by atoms with E-state index >= 15 is 0 Å². The van der Waals surface area contributed by atoms with Crippen LogP contribution in [0.4, 0.5) is 0 Å². The lowest BCUT2D eigenvalue weighted by Gasteiger charge is -2.36. The lowest BCUT2D eigenvalue weighted by Crippen LogP contribution is -2.36. The molecule has 0 aliphatic carbocycles. The molecule has 1 aliphatic rings. The van der Waals surface area contributed by atoms with Gasteiger partial charge >= 0.3 is 0 Å². The zero-order valence-electron chi connectivity index (χ0n) is 20.1. The van der Waals surface area contributed by atoms with E-state index in [1.807, 2.05) is 85.8 Å². The quantitative estimate of drug-likeness (QED) is 0.312. The van der Waals surface area contributed by atoms with Crippen LogP contribution in [0, 0.1) is 6.92 Å². The van der Waals surface area contributed by atoms with E-state index in [-0.39, 0.29) is 0 Å². The van der Waals surface area contributed by atoms with Crippen molar-refractivity contribution in [3.63, 3.8) is 0 Å². The Labute approximate surface area is 216 Å². The smallest absolute Gasteiger partial charge is 0.229 e. The Hall–Kier alpha value is -3.09. The van der Waals surface area contributed by atoms with Crippen molar-refractivity contribution in [3.05, 3.63) is 138 Å². The summed E-state index contributed by atoms with van der Waals surface area (Å²) in [7, 11) is 0. The van der Waals surface area contributed by atoms with E-state index in [0.717, 1.165) is 22.3 Å². The van der Waals surface area contributed by atoms with Crippen LogP contribution >= 0.6 is 11.8 Å². The summed E-state index contributed by atoms with van der Waals surface area (Å²) in [5, 5.41) is 21.6. The van der Waals surface area contributed by atoms with Crippen LogP contribution in [0.15, 0.2) is 115 Å². The first-order valence-corrected chi connectivity index (χ1v) is 13.1. The molecule has 5 rings (SSSR count). The fourth-order valence-corrected chi connectivity index (χ4v) is 6.27.